The van der Waals surface area contributed by atoms with Crippen molar-refractivity contribution in [3.63, 3.8) is 0 Å². The average molecular weight is 311 g/mol. The molecule has 0 aliphatic carbocycles. The van der Waals surface area contributed by atoms with E-state index in [4.69, 9.17) is 32.7 Å². The topological polar surface area (TPSA) is 38.7 Å². The molecule has 104 valence electrons. The molecule has 1 heterocycles. The maximum Gasteiger partial charge on any atom is 0.129 e. The number of halogens is 2. The van der Waals surface area contributed by atoms with Crippen molar-refractivity contribution in [1.29, 1.82) is 0 Å². The van der Waals surface area contributed by atoms with Gasteiger partial charge in [-0.3, -0.25) is 0 Å². The smallest absolute Gasteiger partial charge is 0.129 e. The molecule has 3 rings (SSSR count). The maximum atomic E-state index is 9.65. The van der Waals surface area contributed by atoms with Gasteiger partial charge in [-0.1, -0.05) is 29.3 Å². The zero-order chi connectivity index (χ0) is 14.1. The second-order valence-corrected chi connectivity index (χ2v) is 5.39. The van der Waals surface area contributed by atoms with Crippen LogP contribution in [0.25, 0.3) is 0 Å². The molecule has 0 amide bonds. The van der Waals surface area contributed by atoms with E-state index in [0.717, 1.165) is 11.1 Å². The number of rotatable bonds is 3. The highest BCUT2D eigenvalue weighted by molar-refractivity contribution is 6.35. The highest BCUT2D eigenvalue weighted by Crippen LogP contribution is 2.35. The lowest BCUT2D eigenvalue weighted by atomic mass is 10.1. The minimum absolute atomic E-state index is 0.293. The van der Waals surface area contributed by atoms with Gasteiger partial charge in [0.15, 0.2) is 0 Å². The van der Waals surface area contributed by atoms with Gasteiger partial charge in [0.1, 0.15) is 30.8 Å². The highest BCUT2D eigenvalue weighted by Gasteiger charge is 2.22. The van der Waals surface area contributed by atoms with Gasteiger partial charge in [0.05, 0.1) is 0 Å². The molecule has 1 aliphatic rings. The van der Waals surface area contributed by atoms with E-state index in [-0.39, 0.29) is 0 Å². The number of hydrogen-bond acceptors (Lipinski definition) is 3. The second-order valence-electron chi connectivity index (χ2n) is 4.55. The van der Waals surface area contributed by atoms with Gasteiger partial charge in [0.25, 0.3) is 0 Å². The molecule has 0 saturated carbocycles. The normalized spacial score (nSPS) is 16.6. The fraction of sp³-hybridized carbons (Fsp3) is 0.200. The average Bonchev–Trinajstić information content (AvgIpc) is 2.79. The summed E-state index contributed by atoms with van der Waals surface area (Å²) in [6.07, 6.45) is -0.551. The van der Waals surface area contributed by atoms with E-state index in [2.05, 4.69) is 0 Å². The first-order valence-electron chi connectivity index (χ1n) is 6.15. The third-order valence-corrected chi connectivity index (χ3v) is 3.74. The van der Waals surface area contributed by atoms with Gasteiger partial charge in [-0.2, -0.15) is 0 Å². The van der Waals surface area contributed by atoms with Crippen molar-refractivity contribution in [2.45, 2.75) is 12.7 Å². The van der Waals surface area contributed by atoms with Crippen LogP contribution >= 0.6 is 23.2 Å². The van der Waals surface area contributed by atoms with Crippen LogP contribution in [0.5, 0.6) is 11.5 Å². The zero-order valence-corrected chi connectivity index (χ0v) is 12.0. The molecule has 2 aromatic carbocycles. The van der Waals surface area contributed by atoms with Crippen molar-refractivity contribution < 1.29 is 14.6 Å². The Morgan fingerprint density at radius 1 is 1.20 bits per heavy atom. The van der Waals surface area contributed by atoms with Gasteiger partial charge in [0, 0.05) is 27.2 Å². The Hall–Kier alpha value is -1.42. The number of benzene rings is 2. The van der Waals surface area contributed by atoms with Crippen molar-refractivity contribution in [2.75, 3.05) is 6.61 Å². The zero-order valence-electron chi connectivity index (χ0n) is 10.5. The van der Waals surface area contributed by atoms with Crippen molar-refractivity contribution in [1.82, 2.24) is 0 Å². The molecule has 1 N–H and O–H groups in total. The van der Waals surface area contributed by atoms with Crippen LogP contribution in [0, 0.1) is 0 Å². The predicted octanol–water partition coefficient (Wildman–Crippen LogP) is 4.00. The molecule has 2 aromatic rings. The van der Waals surface area contributed by atoms with Crippen LogP contribution in [0.1, 0.15) is 17.2 Å². The van der Waals surface area contributed by atoms with E-state index in [1.807, 2.05) is 12.1 Å². The Bertz CT molecular complexity index is 643. The quantitative estimate of drug-likeness (QED) is 0.931. The Labute approximate surface area is 126 Å². The van der Waals surface area contributed by atoms with E-state index in [0.29, 0.717) is 34.8 Å². The van der Waals surface area contributed by atoms with E-state index >= 15 is 0 Å². The Balaban J connectivity index is 1.73. The van der Waals surface area contributed by atoms with Crippen molar-refractivity contribution in [3.8, 4) is 11.5 Å². The number of ether oxygens (including phenoxy) is 2. The summed E-state index contributed by atoms with van der Waals surface area (Å²) in [5.74, 6) is 1.33. The van der Waals surface area contributed by atoms with Gasteiger partial charge in [0.2, 0.25) is 0 Å². The first-order chi connectivity index (χ1) is 9.63. The lowest BCUT2D eigenvalue weighted by Crippen LogP contribution is -1.97. The molecule has 0 aromatic heterocycles. The predicted molar refractivity (Wildman–Crippen MR) is 77.7 cm³/mol. The first kappa shape index (κ1) is 13.6. The Morgan fingerprint density at radius 3 is 2.85 bits per heavy atom. The summed E-state index contributed by atoms with van der Waals surface area (Å²) >= 11 is 11.9. The molecule has 0 fully saturated rings. The minimum atomic E-state index is -0.551. The first-order valence-corrected chi connectivity index (χ1v) is 6.90. The maximum absolute atomic E-state index is 9.65. The third-order valence-electron chi connectivity index (χ3n) is 3.15. The van der Waals surface area contributed by atoms with Crippen LogP contribution in [-0.2, 0) is 6.61 Å². The van der Waals surface area contributed by atoms with E-state index in [9.17, 15) is 5.11 Å². The molecular weight excluding hydrogens is 299 g/mol. The van der Waals surface area contributed by atoms with E-state index < -0.39 is 6.10 Å². The minimum Gasteiger partial charge on any atom is -0.490 e. The molecule has 1 aliphatic heterocycles. The Morgan fingerprint density at radius 2 is 2.05 bits per heavy atom. The summed E-state index contributed by atoms with van der Waals surface area (Å²) in [4.78, 5) is 0. The largest absolute Gasteiger partial charge is 0.490 e. The summed E-state index contributed by atoms with van der Waals surface area (Å²) < 4.78 is 11.1. The Kier molecular flexibility index (Phi) is 3.74. The molecule has 0 spiro atoms. The number of hydrogen-bond donors (Lipinski definition) is 1. The van der Waals surface area contributed by atoms with Crippen molar-refractivity contribution >= 4 is 23.2 Å². The summed E-state index contributed by atoms with van der Waals surface area (Å²) in [5.41, 5.74) is 1.65. The number of aliphatic hydroxyl groups excluding tert-OH is 1. The van der Waals surface area contributed by atoms with Gasteiger partial charge in [-0.25, -0.2) is 0 Å². The van der Waals surface area contributed by atoms with Crippen LogP contribution in [0.2, 0.25) is 10.0 Å². The third kappa shape index (κ3) is 2.70. The molecule has 20 heavy (non-hydrogen) atoms. The van der Waals surface area contributed by atoms with Gasteiger partial charge >= 0.3 is 0 Å². The highest BCUT2D eigenvalue weighted by atomic mass is 35.5. The molecule has 3 nitrogen and oxygen atoms in total. The van der Waals surface area contributed by atoms with Crippen LogP contribution in [0.3, 0.4) is 0 Å². The van der Waals surface area contributed by atoms with Gasteiger partial charge < -0.3 is 14.6 Å². The van der Waals surface area contributed by atoms with E-state index in [1.54, 1.807) is 24.3 Å². The van der Waals surface area contributed by atoms with Crippen LogP contribution < -0.4 is 9.47 Å². The van der Waals surface area contributed by atoms with Crippen LogP contribution in [-0.4, -0.2) is 11.7 Å². The molecular formula is C15H12Cl2O3. The van der Waals surface area contributed by atoms with Crippen molar-refractivity contribution in [3.05, 3.63) is 57.6 Å². The molecule has 1 unspecified atom stereocenters. The fourth-order valence-corrected chi connectivity index (χ4v) is 2.53. The van der Waals surface area contributed by atoms with Crippen molar-refractivity contribution in [2.24, 2.45) is 0 Å². The van der Waals surface area contributed by atoms with Crippen LogP contribution in [0.15, 0.2) is 36.4 Å². The molecule has 1 atom stereocenters. The lowest BCUT2D eigenvalue weighted by molar-refractivity contribution is 0.140. The summed E-state index contributed by atoms with van der Waals surface area (Å²) in [7, 11) is 0. The number of aliphatic hydroxyl groups is 1. The molecule has 0 radical (unpaired) electrons. The molecule has 0 saturated heterocycles. The summed E-state index contributed by atoms with van der Waals surface area (Å²) in [5, 5.41) is 10.8. The monoisotopic (exact) mass is 310 g/mol. The lowest BCUT2D eigenvalue weighted by Gasteiger charge is -2.09. The van der Waals surface area contributed by atoms with Gasteiger partial charge in [-0.05, 0) is 24.3 Å². The summed E-state index contributed by atoms with van der Waals surface area (Å²) in [6.45, 7) is 0.638. The summed E-state index contributed by atoms with van der Waals surface area (Å²) in [6, 6.07) is 10.7. The molecule has 5 heteroatoms. The second kappa shape index (κ2) is 5.52. The SMILES string of the molecule is OC1COc2cc(OCc3ccc(Cl)cc3Cl)ccc21. The van der Waals surface area contributed by atoms with E-state index in [1.165, 1.54) is 0 Å². The molecule has 0 bridgehead atoms. The fourth-order valence-electron chi connectivity index (χ4n) is 2.06. The standard InChI is InChI=1S/C15H12Cl2O3/c16-10-2-1-9(13(17)5-10)7-19-11-3-4-12-14(18)8-20-15(12)6-11/h1-6,14,18H,7-8H2. The van der Waals surface area contributed by atoms with Crippen LogP contribution in [0.4, 0.5) is 0 Å². The van der Waals surface area contributed by atoms with Gasteiger partial charge in [-0.15, -0.1) is 0 Å². The number of fused-ring (bicyclic) bond motifs is 1.